The number of carbonyl (C=O) groups excluding carboxylic acids is 1. The lowest BCUT2D eigenvalue weighted by Crippen LogP contribution is -1.77. The summed E-state index contributed by atoms with van der Waals surface area (Å²) in [6, 6.07) is 0. The van der Waals surface area contributed by atoms with Crippen LogP contribution in [0.15, 0.2) is 37.0 Å². The van der Waals surface area contributed by atoms with E-state index in [0.717, 1.165) is 18.3 Å². The largest absolute Gasteiger partial charge is 0.303 e. The zero-order valence-electron chi connectivity index (χ0n) is 6.05. The molecule has 0 aliphatic heterocycles. The van der Waals surface area contributed by atoms with Crippen molar-refractivity contribution >= 4 is 6.29 Å². The number of rotatable bonds is 5. The Morgan fingerprint density at radius 1 is 1.50 bits per heavy atom. The highest BCUT2D eigenvalue weighted by atomic mass is 16.1. The van der Waals surface area contributed by atoms with Crippen LogP contribution in [0.3, 0.4) is 0 Å². The van der Waals surface area contributed by atoms with Crippen LogP contribution in [0.25, 0.3) is 0 Å². The summed E-state index contributed by atoms with van der Waals surface area (Å²) >= 11 is 0. The van der Waals surface area contributed by atoms with Gasteiger partial charge in [0.1, 0.15) is 6.29 Å². The van der Waals surface area contributed by atoms with Gasteiger partial charge in [0, 0.05) is 6.42 Å². The predicted molar refractivity (Wildman–Crippen MR) is 43.8 cm³/mol. The van der Waals surface area contributed by atoms with Gasteiger partial charge < -0.3 is 4.79 Å². The molecule has 0 saturated heterocycles. The van der Waals surface area contributed by atoms with Crippen molar-refractivity contribution in [3.05, 3.63) is 37.0 Å². The SMILES string of the molecule is C=C/C=C\C(=C)CCC=O. The van der Waals surface area contributed by atoms with Crippen LogP contribution in [0.4, 0.5) is 0 Å². The van der Waals surface area contributed by atoms with Gasteiger partial charge in [0.15, 0.2) is 0 Å². The molecule has 1 nitrogen and oxygen atoms in total. The van der Waals surface area contributed by atoms with Crippen molar-refractivity contribution < 1.29 is 4.79 Å². The Labute approximate surface area is 61.8 Å². The van der Waals surface area contributed by atoms with Crippen molar-refractivity contribution in [2.45, 2.75) is 12.8 Å². The topological polar surface area (TPSA) is 17.1 Å². The quantitative estimate of drug-likeness (QED) is 0.418. The second kappa shape index (κ2) is 6.02. The van der Waals surface area contributed by atoms with Crippen LogP contribution in [-0.2, 0) is 4.79 Å². The standard InChI is InChI=1S/C9H12O/c1-3-4-6-9(2)7-5-8-10/h3-4,6,8H,1-2,5,7H2/b6-4-. The van der Waals surface area contributed by atoms with Crippen molar-refractivity contribution in [2.24, 2.45) is 0 Å². The Kier molecular flexibility index (Phi) is 5.35. The molecule has 0 atom stereocenters. The van der Waals surface area contributed by atoms with Crippen molar-refractivity contribution in [2.75, 3.05) is 0 Å². The van der Waals surface area contributed by atoms with Gasteiger partial charge in [-0.15, -0.1) is 0 Å². The van der Waals surface area contributed by atoms with Gasteiger partial charge in [0.25, 0.3) is 0 Å². The summed E-state index contributed by atoms with van der Waals surface area (Å²) < 4.78 is 0. The number of hydrogen-bond donors (Lipinski definition) is 0. The van der Waals surface area contributed by atoms with Crippen molar-refractivity contribution in [1.82, 2.24) is 0 Å². The molecule has 1 heteroatoms. The maximum atomic E-state index is 9.90. The molecule has 0 rings (SSSR count). The molecular weight excluding hydrogens is 124 g/mol. The van der Waals surface area contributed by atoms with Crippen molar-refractivity contribution in [3.63, 3.8) is 0 Å². The monoisotopic (exact) mass is 136 g/mol. The maximum absolute atomic E-state index is 9.90. The summed E-state index contributed by atoms with van der Waals surface area (Å²) in [6.45, 7) is 7.25. The van der Waals surface area contributed by atoms with E-state index >= 15 is 0 Å². The number of allylic oxidation sites excluding steroid dienone is 4. The molecule has 0 aromatic heterocycles. The molecule has 0 fully saturated rings. The van der Waals surface area contributed by atoms with Crippen LogP contribution in [0.2, 0.25) is 0 Å². The van der Waals surface area contributed by atoms with E-state index in [4.69, 9.17) is 0 Å². The van der Waals surface area contributed by atoms with E-state index in [1.165, 1.54) is 0 Å². The molecule has 0 spiro atoms. The second-order valence-electron chi connectivity index (χ2n) is 1.96. The van der Waals surface area contributed by atoms with Crippen LogP contribution in [0, 0.1) is 0 Å². The Morgan fingerprint density at radius 3 is 2.70 bits per heavy atom. The molecule has 0 saturated carbocycles. The minimum Gasteiger partial charge on any atom is -0.303 e. The predicted octanol–water partition coefficient (Wildman–Crippen LogP) is 2.26. The average Bonchev–Trinajstić information content (AvgIpc) is 1.97. The van der Waals surface area contributed by atoms with Crippen molar-refractivity contribution in [1.29, 1.82) is 0 Å². The molecule has 10 heavy (non-hydrogen) atoms. The zero-order chi connectivity index (χ0) is 7.82. The Hall–Kier alpha value is -1.11. The third-order valence-electron chi connectivity index (χ3n) is 1.05. The van der Waals surface area contributed by atoms with E-state index in [-0.39, 0.29) is 0 Å². The van der Waals surface area contributed by atoms with Gasteiger partial charge in [0.05, 0.1) is 0 Å². The second-order valence-corrected chi connectivity index (χ2v) is 1.96. The lowest BCUT2D eigenvalue weighted by molar-refractivity contribution is -0.107. The lowest BCUT2D eigenvalue weighted by atomic mass is 10.1. The molecule has 0 amide bonds. The molecule has 0 aromatic carbocycles. The molecule has 0 aliphatic rings. The highest BCUT2D eigenvalue weighted by molar-refractivity contribution is 5.50. The minimum atomic E-state index is 0.556. The van der Waals surface area contributed by atoms with Crippen LogP contribution in [0.5, 0.6) is 0 Å². The van der Waals surface area contributed by atoms with Crippen molar-refractivity contribution in [3.8, 4) is 0 Å². The third kappa shape index (κ3) is 5.04. The fourth-order valence-electron chi connectivity index (χ4n) is 0.532. The fraction of sp³-hybridized carbons (Fsp3) is 0.222. The fourth-order valence-corrected chi connectivity index (χ4v) is 0.532. The average molecular weight is 136 g/mol. The van der Waals surface area contributed by atoms with Gasteiger partial charge in [-0.1, -0.05) is 37.0 Å². The molecule has 0 aliphatic carbocycles. The normalized spacial score (nSPS) is 9.60. The smallest absolute Gasteiger partial charge is 0.120 e. The summed E-state index contributed by atoms with van der Waals surface area (Å²) in [4.78, 5) is 9.90. The first kappa shape index (κ1) is 8.89. The summed E-state index contributed by atoms with van der Waals surface area (Å²) in [5.41, 5.74) is 0.965. The van der Waals surface area contributed by atoms with Gasteiger partial charge in [-0.2, -0.15) is 0 Å². The van der Waals surface area contributed by atoms with Gasteiger partial charge in [-0.25, -0.2) is 0 Å². The summed E-state index contributed by atoms with van der Waals surface area (Å²) in [7, 11) is 0. The molecular formula is C9H12O. The van der Waals surface area contributed by atoms with Gasteiger partial charge in [0.2, 0.25) is 0 Å². The Balaban J connectivity index is 3.52. The molecule has 0 aromatic rings. The van der Waals surface area contributed by atoms with E-state index in [1.54, 1.807) is 6.08 Å². The highest BCUT2D eigenvalue weighted by Gasteiger charge is 1.85. The summed E-state index contributed by atoms with van der Waals surface area (Å²) in [5.74, 6) is 0. The van der Waals surface area contributed by atoms with Crippen LogP contribution >= 0.6 is 0 Å². The van der Waals surface area contributed by atoms with E-state index in [9.17, 15) is 4.79 Å². The lowest BCUT2D eigenvalue weighted by Gasteiger charge is -1.91. The first-order chi connectivity index (χ1) is 4.81. The minimum absolute atomic E-state index is 0.556. The zero-order valence-corrected chi connectivity index (χ0v) is 6.05. The van der Waals surface area contributed by atoms with E-state index < -0.39 is 0 Å². The molecule has 54 valence electrons. The highest BCUT2D eigenvalue weighted by Crippen LogP contribution is 2.01. The summed E-state index contributed by atoms with van der Waals surface area (Å²) in [5, 5.41) is 0. The third-order valence-corrected chi connectivity index (χ3v) is 1.05. The van der Waals surface area contributed by atoms with E-state index in [0.29, 0.717) is 6.42 Å². The Morgan fingerprint density at radius 2 is 2.20 bits per heavy atom. The number of hydrogen-bond acceptors (Lipinski definition) is 1. The number of aldehydes is 1. The van der Waals surface area contributed by atoms with Crippen LogP contribution in [0.1, 0.15) is 12.8 Å². The maximum Gasteiger partial charge on any atom is 0.120 e. The van der Waals surface area contributed by atoms with Crippen LogP contribution in [-0.4, -0.2) is 6.29 Å². The van der Waals surface area contributed by atoms with E-state index in [1.807, 2.05) is 12.2 Å². The van der Waals surface area contributed by atoms with Gasteiger partial charge >= 0.3 is 0 Å². The summed E-state index contributed by atoms with van der Waals surface area (Å²) in [6.07, 6.45) is 7.55. The van der Waals surface area contributed by atoms with Crippen LogP contribution < -0.4 is 0 Å². The molecule has 0 N–H and O–H groups in total. The van der Waals surface area contributed by atoms with Gasteiger partial charge in [-0.3, -0.25) is 0 Å². The Bertz CT molecular complexity index is 154. The molecule has 0 heterocycles. The first-order valence-corrected chi connectivity index (χ1v) is 3.21. The number of carbonyl (C=O) groups is 1. The molecule has 0 bridgehead atoms. The molecule has 0 radical (unpaired) electrons. The van der Waals surface area contributed by atoms with E-state index in [2.05, 4.69) is 13.2 Å². The molecule has 0 unspecified atom stereocenters. The first-order valence-electron chi connectivity index (χ1n) is 3.21. The van der Waals surface area contributed by atoms with Gasteiger partial charge in [-0.05, 0) is 6.42 Å².